The Hall–Kier alpha value is -3.13. The molecule has 2 amide bonds. The van der Waals surface area contributed by atoms with Crippen LogP contribution in [0.25, 0.3) is 11.0 Å². The molecule has 0 aliphatic carbocycles. The number of carbonyl (C=O) groups is 2. The number of furan rings is 1. The largest absolute Gasteiger partial charge is 0.459 e. The van der Waals surface area contributed by atoms with Crippen LogP contribution >= 0.6 is 0 Å². The normalized spacial score (nSPS) is 17.6. The van der Waals surface area contributed by atoms with E-state index in [1.54, 1.807) is 12.1 Å². The first-order valence-corrected chi connectivity index (χ1v) is 10.9. The number of hydrogen-bond acceptors (Lipinski definition) is 5. The van der Waals surface area contributed by atoms with Gasteiger partial charge in [0.25, 0.3) is 11.8 Å². The highest BCUT2D eigenvalue weighted by atomic mass is 16.3. The van der Waals surface area contributed by atoms with Gasteiger partial charge < -0.3 is 18.8 Å². The van der Waals surface area contributed by atoms with Crippen LogP contribution in [0.4, 0.5) is 0 Å². The molecule has 2 aromatic heterocycles. The van der Waals surface area contributed by atoms with E-state index in [4.69, 9.17) is 9.40 Å². The molecule has 162 valence electrons. The van der Waals surface area contributed by atoms with Gasteiger partial charge in [0.15, 0.2) is 5.76 Å². The van der Waals surface area contributed by atoms with E-state index >= 15 is 0 Å². The fourth-order valence-electron chi connectivity index (χ4n) is 4.49. The van der Waals surface area contributed by atoms with Crippen molar-refractivity contribution in [3.8, 4) is 0 Å². The van der Waals surface area contributed by atoms with Gasteiger partial charge in [-0.25, -0.2) is 4.98 Å². The van der Waals surface area contributed by atoms with Crippen LogP contribution in [0.2, 0.25) is 0 Å². The minimum atomic E-state index is -0.0532. The maximum atomic E-state index is 12.7. The zero-order chi connectivity index (χ0) is 21.4. The number of benzene rings is 1. The summed E-state index contributed by atoms with van der Waals surface area (Å²) in [7, 11) is 2.02. The fraction of sp³-hybridized carbons (Fsp3) is 0.435. The molecule has 3 aromatic rings. The fourth-order valence-corrected chi connectivity index (χ4v) is 4.49. The number of fused-ring (bicyclic) bond motifs is 1. The van der Waals surface area contributed by atoms with E-state index in [9.17, 15) is 9.59 Å². The Morgan fingerprint density at radius 1 is 0.968 bits per heavy atom. The molecule has 0 unspecified atom stereocenters. The minimum Gasteiger partial charge on any atom is -0.459 e. The predicted octanol–water partition coefficient (Wildman–Crippen LogP) is 2.36. The van der Waals surface area contributed by atoms with Crippen molar-refractivity contribution < 1.29 is 14.0 Å². The molecule has 2 saturated heterocycles. The Labute approximate surface area is 181 Å². The third kappa shape index (κ3) is 3.83. The highest BCUT2D eigenvalue weighted by molar-refractivity contribution is 5.97. The van der Waals surface area contributed by atoms with Gasteiger partial charge >= 0.3 is 0 Å². The quantitative estimate of drug-likeness (QED) is 0.647. The van der Waals surface area contributed by atoms with Gasteiger partial charge in [-0.15, -0.1) is 0 Å². The average Bonchev–Trinajstić information content (AvgIpc) is 3.56. The van der Waals surface area contributed by atoms with E-state index in [0.29, 0.717) is 31.0 Å². The number of aromatic nitrogens is 2. The minimum absolute atomic E-state index is 0.0532. The van der Waals surface area contributed by atoms with Crippen molar-refractivity contribution in [2.45, 2.75) is 19.4 Å². The summed E-state index contributed by atoms with van der Waals surface area (Å²) in [6, 6.07) is 9.26. The molecule has 5 rings (SSSR count). The third-order valence-electron chi connectivity index (χ3n) is 6.37. The van der Waals surface area contributed by atoms with Gasteiger partial charge in [-0.1, -0.05) is 0 Å². The zero-order valence-electron chi connectivity index (χ0n) is 17.8. The molecule has 1 aromatic carbocycles. The van der Waals surface area contributed by atoms with Crippen LogP contribution in [0.5, 0.6) is 0 Å². The molecule has 0 saturated carbocycles. The first-order valence-electron chi connectivity index (χ1n) is 10.9. The summed E-state index contributed by atoms with van der Waals surface area (Å²) in [5, 5.41) is 0. The Morgan fingerprint density at radius 3 is 2.42 bits per heavy atom. The highest BCUT2D eigenvalue weighted by Crippen LogP contribution is 2.21. The summed E-state index contributed by atoms with van der Waals surface area (Å²) in [6.07, 6.45) is 3.70. The SMILES string of the molecule is Cn1c(CN2CCN(C(=O)c3ccco3)CC2)nc2cc(C(=O)N3CCCC3)ccc21. The summed E-state index contributed by atoms with van der Waals surface area (Å²) >= 11 is 0. The number of imidazole rings is 1. The maximum Gasteiger partial charge on any atom is 0.289 e. The lowest BCUT2D eigenvalue weighted by Crippen LogP contribution is -2.48. The van der Waals surface area contributed by atoms with Crippen molar-refractivity contribution in [3.05, 3.63) is 53.7 Å². The molecule has 2 aliphatic rings. The van der Waals surface area contributed by atoms with Crippen LogP contribution in [-0.2, 0) is 13.6 Å². The maximum absolute atomic E-state index is 12.7. The Balaban J connectivity index is 1.26. The van der Waals surface area contributed by atoms with Gasteiger partial charge in [0.05, 0.1) is 23.8 Å². The molecule has 8 heteroatoms. The molecule has 8 nitrogen and oxygen atoms in total. The molecule has 0 spiro atoms. The molecule has 31 heavy (non-hydrogen) atoms. The average molecular weight is 422 g/mol. The van der Waals surface area contributed by atoms with Gasteiger partial charge in [0.1, 0.15) is 5.82 Å². The zero-order valence-corrected chi connectivity index (χ0v) is 17.8. The van der Waals surface area contributed by atoms with E-state index in [1.807, 2.05) is 35.0 Å². The third-order valence-corrected chi connectivity index (χ3v) is 6.37. The Bertz CT molecular complexity index is 1090. The molecule has 0 atom stereocenters. The van der Waals surface area contributed by atoms with E-state index in [2.05, 4.69) is 9.47 Å². The number of aryl methyl sites for hydroxylation is 1. The number of rotatable bonds is 4. The molecule has 2 fully saturated rings. The van der Waals surface area contributed by atoms with Crippen molar-refractivity contribution in [2.24, 2.45) is 7.05 Å². The number of carbonyl (C=O) groups excluding carboxylic acids is 2. The molecular formula is C23H27N5O3. The topological polar surface area (TPSA) is 74.8 Å². The molecule has 0 bridgehead atoms. The smallest absolute Gasteiger partial charge is 0.289 e. The van der Waals surface area contributed by atoms with Crippen LogP contribution in [0.15, 0.2) is 41.0 Å². The summed E-state index contributed by atoms with van der Waals surface area (Å²) in [6.45, 7) is 5.31. The number of nitrogens with zero attached hydrogens (tertiary/aromatic N) is 5. The molecular weight excluding hydrogens is 394 g/mol. The number of likely N-dealkylation sites (tertiary alicyclic amines) is 1. The van der Waals surface area contributed by atoms with E-state index < -0.39 is 0 Å². The summed E-state index contributed by atoms with van der Waals surface area (Å²) in [4.78, 5) is 36.1. The van der Waals surface area contributed by atoms with E-state index in [1.165, 1.54) is 6.26 Å². The second kappa shape index (κ2) is 8.19. The predicted molar refractivity (Wildman–Crippen MR) is 116 cm³/mol. The Morgan fingerprint density at radius 2 is 1.71 bits per heavy atom. The van der Waals surface area contributed by atoms with E-state index in [-0.39, 0.29) is 11.8 Å². The van der Waals surface area contributed by atoms with Crippen molar-refractivity contribution in [2.75, 3.05) is 39.3 Å². The molecule has 0 N–H and O–H groups in total. The number of piperazine rings is 1. The van der Waals surface area contributed by atoms with Crippen molar-refractivity contribution in [1.82, 2.24) is 24.3 Å². The molecule has 4 heterocycles. The van der Waals surface area contributed by atoms with Crippen molar-refractivity contribution in [3.63, 3.8) is 0 Å². The first kappa shape index (κ1) is 19.8. The van der Waals surface area contributed by atoms with Gasteiger partial charge in [-0.05, 0) is 43.2 Å². The second-order valence-corrected chi connectivity index (χ2v) is 8.34. The Kier molecular flexibility index (Phi) is 5.23. The monoisotopic (exact) mass is 421 g/mol. The number of hydrogen-bond donors (Lipinski definition) is 0. The van der Waals surface area contributed by atoms with Crippen LogP contribution in [0.3, 0.4) is 0 Å². The summed E-state index contributed by atoms with van der Waals surface area (Å²) < 4.78 is 7.33. The number of amides is 2. The summed E-state index contributed by atoms with van der Waals surface area (Å²) in [5.74, 6) is 1.40. The van der Waals surface area contributed by atoms with Crippen molar-refractivity contribution in [1.29, 1.82) is 0 Å². The lowest BCUT2D eigenvalue weighted by atomic mass is 10.2. The van der Waals surface area contributed by atoms with Crippen LogP contribution < -0.4 is 0 Å². The lowest BCUT2D eigenvalue weighted by Gasteiger charge is -2.34. The van der Waals surface area contributed by atoms with Crippen LogP contribution in [0.1, 0.15) is 39.6 Å². The second-order valence-electron chi connectivity index (χ2n) is 8.34. The van der Waals surface area contributed by atoms with Gasteiger partial charge in [0.2, 0.25) is 0 Å². The first-order chi connectivity index (χ1) is 15.1. The van der Waals surface area contributed by atoms with Crippen molar-refractivity contribution >= 4 is 22.8 Å². The van der Waals surface area contributed by atoms with Gasteiger partial charge in [0, 0.05) is 51.9 Å². The lowest BCUT2D eigenvalue weighted by molar-refractivity contribution is 0.0594. The summed E-state index contributed by atoms with van der Waals surface area (Å²) in [5.41, 5.74) is 2.60. The highest BCUT2D eigenvalue weighted by Gasteiger charge is 2.25. The van der Waals surface area contributed by atoms with Gasteiger partial charge in [-0.3, -0.25) is 14.5 Å². The van der Waals surface area contributed by atoms with E-state index in [0.717, 1.165) is 55.9 Å². The van der Waals surface area contributed by atoms with Gasteiger partial charge in [-0.2, -0.15) is 0 Å². The van der Waals surface area contributed by atoms with Crippen LogP contribution in [0, 0.1) is 0 Å². The van der Waals surface area contributed by atoms with Crippen LogP contribution in [-0.4, -0.2) is 75.3 Å². The standard InChI is InChI=1S/C23H27N5O3/c1-25-19-7-6-17(22(29)27-8-2-3-9-27)15-18(19)24-21(25)16-26-10-12-28(13-11-26)23(30)20-5-4-14-31-20/h4-7,14-15H,2-3,8-13,16H2,1H3. The molecule has 0 radical (unpaired) electrons. The molecule has 2 aliphatic heterocycles.